The summed E-state index contributed by atoms with van der Waals surface area (Å²) in [5.74, 6) is 0.978. The summed E-state index contributed by atoms with van der Waals surface area (Å²) >= 11 is 1.36. The molecule has 7 nitrogen and oxygen atoms in total. The van der Waals surface area contributed by atoms with Crippen LogP contribution in [-0.4, -0.2) is 44.3 Å². The maximum Gasteiger partial charge on any atom is 0.253 e. The fourth-order valence-electron chi connectivity index (χ4n) is 3.34. The Hall–Kier alpha value is -3.13. The van der Waals surface area contributed by atoms with E-state index in [0.29, 0.717) is 11.6 Å². The van der Waals surface area contributed by atoms with Gasteiger partial charge in [0.1, 0.15) is 12.1 Å². The third kappa shape index (κ3) is 4.23. The largest absolute Gasteiger partial charge is 0.497 e. The number of aromatic nitrogens is 3. The summed E-state index contributed by atoms with van der Waals surface area (Å²) < 4.78 is 7.05. The van der Waals surface area contributed by atoms with E-state index in [0.717, 1.165) is 22.6 Å². The molecule has 2 heterocycles. The monoisotopic (exact) mass is 421 g/mol. The van der Waals surface area contributed by atoms with E-state index in [2.05, 4.69) is 41.4 Å². The van der Waals surface area contributed by atoms with Crippen LogP contribution in [0.1, 0.15) is 29.2 Å². The predicted molar refractivity (Wildman–Crippen MR) is 117 cm³/mol. The zero-order chi connectivity index (χ0) is 21.1. The van der Waals surface area contributed by atoms with Gasteiger partial charge in [0.05, 0.1) is 24.6 Å². The number of thioether (sulfide) groups is 1. The second-order valence-electron chi connectivity index (χ2n) is 7.16. The van der Waals surface area contributed by atoms with Crippen molar-refractivity contribution in [1.82, 2.24) is 19.8 Å². The Morgan fingerprint density at radius 1 is 1.17 bits per heavy atom. The van der Waals surface area contributed by atoms with Crippen LogP contribution in [0, 0.1) is 6.92 Å². The summed E-state index contributed by atoms with van der Waals surface area (Å²) in [5.41, 5.74) is 4.14. The molecule has 1 aromatic heterocycles. The summed E-state index contributed by atoms with van der Waals surface area (Å²) in [6.45, 7) is 2.05. The lowest BCUT2D eigenvalue weighted by atomic mass is 9.97. The van der Waals surface area contributed by atoms with Crippen LogP contribution >= 0.6 is 11.8 Å². The number of ether oxygens (including phenoxy) is 1. The van der Waals surface area contributed by atoms with Gasteiger partial charge in [-0.1, -0.05) is 41.6 Å². The van der Waals surface area contributed by atoms with Gasteiger partial charge in [-0.3, -0.25) is 4.79 Å². The van der Waals surface area contributed by atoms with Crippen LogP contribution in [0.15, 0.2) is 65.1 Å². The van der Waals surface area contributed by atoms with E-state index in [1.165, 1.54) is 17.3 Å². The topological polar surface area (TPSA) is 72.6 Å². The van der Waals surface area contributed by atoms with Crippen molar-refractivity contribution in [3.8, 4) is 5.75 Å². The van der Waals surface area contributed by atoms with Crippen molar-refractivity contribution in [3.05, 3.63) is 71.5 Å². The maximum absolute atomic E-state index is 13.1. The molecule has 0 radical (unpaired) electrons. The Morgan fingerprint density at radius 2 is 1.90 bits per heavy atom. The quantitative estimate of drug-likeness (QED) is 0.569. The van der Waals surface area contributed by atoms with Gasteiger partial charge >= 0.3 is 0 Å². The van der Waals surface area contributed by atoms with E-state index in [1.807, 2.05) is 31.3 Å². The Bertz CT molecular complexity index is 1060. The highest BCUT2D eigenvalue weighted by molar-refractivity contribution is 7.99. The van der Waals surface area contributed by atoms with Gasteiger partial charge in [0.15, 0.2) is 5.16 Å². The number of methoxy groups -OCH3 is 1. The lowest BCUT2D eigenvalue weighted by Crippen LogP contribution is -2.28. The molecule has 1 atom stereocenters. The second-order valence-corrected chi connectivity index (χ2v) is 8.10. The molecule has 0 N–H and O–H groups in total. The Balaban J connectivity index is 1.59. The smallest absolute Gasteiger partial charge is 0.253 e. The van der Waals surface area contributed by atoms with Crippen LogP contribution in [0.4, 0.5) is 0 Å². The number of amides is 1. The molecule has 0 spiro atoms. The number of aryl methyl sites for hydroxylation is 2. The van der Waals surface area contributed by atoms with Gasteiger partial charge in [-0.15, -0.1) is 10.2 Å². The molecule has 1 aliphatic heterocycles. The molecule has 0 saturated carbocycles. The van der Waals surface area contributed by atoms with Gasteiger partial charge < -0.3 is 9.30 Å². The molecular weight excluding hydrogens is 398 g/mol. The Labute approximate surface area is 179 Å². The molecule has 8 heteroatoms. The predicted octanol–water partition coefficient (Wildman–Crippen LogP) is 3.60. The molecule has 2 aromatic carbocycles. The summed E-state index contributed by atoms with van der Waals surface area (Å²) in [5, 5.41) is 14.9. The van der Waals surface area contributed by atoms with Crippen molar-refractivity contribution in [2.45, 2.75) is 24.5 Å². The molecule has 4 rings (SSSR count). The summed E-state index contributed by atoms with van der Waals surface area (Å²) in [6.07, 6.45) is 2.29. The average Bonchev–Trinajstić information content (AvgIpc) is 3.39. The van der Waals surface area contributed by atoms with Gasteiger partial charge in [-0.25, -0.2) is 5.01 Å². The van der Waals surface area contributed by atoms with Crippen molar-refractivity contribution in [2.75, 3.05) is 12.9 Å². The zero-order valence-corrected chi connectivity index (χ0v) is 18.0. The first-order valence-electron chi connectivity index (χ1n) is 9.62. The van der Waals surface area contributed by atoms with Crippen LogP contribution in [0.25, 0.3) is 0 Å². The fourth-order valence-corrected chi connectivity index (χ4v) is 4.08. The average molecular weight is 422 g/mol. The third-order valence-corrected chi connectivity index (χ3v) is 6.06. The number of carbonyl (C=O) groups is 1. The highest BCUT2D eigenvalue weighted by Crippen LogP contribution is 2.34. The van der Waals surface area contributed by atoms with Gasteiger partial charge in [0.2, 0.25) is 0 Å². The summed E-state index contributed by atoms with van der Waals surface area (Å²) in [7, 11) is 3.50. The molecule has 30 heavy (non-hydrogen) atoms. The first-order chi connectivity index (χ1) is 14.5. The molecule has 1 aliphatic rings. The molecule has 154 valence electrons. The Morgan fingerprint density at radius 3 is 2.53 bits per heavy atom. The van der Waals surface area contributed by atoms with Crippen LogP contribution in [0.2, 0.25) is 0 Å². The third-order valence-electron chi connectivity index (χ3n) is 5.05. The zero-order valence-electron chi connectivity index (χ0n) is 17.1. The number of nitrogens with zero attached hydrogens (tertiary/aromatic N) is 5. The van der Waals surface area contributed by atoms with Crippen molar-refractivity contribution >= 4 is 23.4 Å². The molecule has 0 fully saturated rings. The molecule has 0 bridgehead atoms. The van der Waals surface area contributed by atoms with E-state index in [9.17, 15) is 4.79 Å². The van der Waals surface area contributed by atoms with E-state index < -0.39 is 0 Å². The number of hydrogen-bond donors (Lipinski definition) is 0. The molecular formula is C22H23N5O2S. The molecule has 3 aromatic rings. The van der Waals surface area contributed by atoms with Gasteiger partial charge in [-0.05, 0) is 42.3 Å². The van der Waals surface area contributed by atoms with E-state index in [1.54, 1.807) is 23.0 Å². The molecule has 1 unspecified atom stereocenters. The van der Waals surface area contributed by atoms with Crippen molar-refractivity contribution in [2.24, 2.45) is 12.1 Å². The molecule has 0 saturated heterocycles. The van der Waals surface area contributed by atoms with Gasteiger partial charge in [-0.2, -0.15) is 5.10 Å². The van der Waals surface area contributed by atoms with E-state index >= 15 is 0 Å². The minimum absolute atomic E-state index is 0.0583. The van der Waals surface area contributed by atoms with Crippen LogP contribution in [0.3, 0.4) is 0 Å². The molecule has 0 aliphatic carbocycles. The maximum atomic E-state index is 13.1. The normalized spacial score (nSPS) is 15.9. The summed E-state index contributed by atoms with van der Waals surface area (Å²) in [6, 6.07) is 15.9. The van der Waals surface area contributed by atoms with Crippen LogP contribution < -0.4 is 4.74 Å². The minimum atomic E-state index is -0.129. The summed E-state index contributed by atoms with van der Waals surface area (Å²) in [4.78, 5) is 13.1. The number of hydrogen-bond acceptors (Lipinski definition) is 6. The minimum Gasteiger partial charge on any atom is -0.497 e. The standard InChI is InChI=1S/C22H23N5O2S/c1-15-4-6-17(7-5-15)20-12-19(16-8-10-18(29-3)11-9-16)25-27(20)21(28)13-30-22-24-23-14-26(22)2/h4-11,14,20H,12-13H2,1-3H3. The number of rotatable bonds is 6. The SMILES string of the molecule is COc1ccc(C2=NN(C(=O)CSc3nncn3C)C(c3ccc(C)cc3)C2)cc1. The lowest BCUT2D eigenvalue weighted by molar-refractivity contribution is -0.130. The van der Waals surface area contributed by atoms with Crippen molar-refractivity contribution in [1.29, 1.82) is 0 Å². The lowest BCUT2D eigenvalue weighted by Gasteiger charge is -2.22. The first-order valence-corrected chi connectivity index (χ1v) is 10.6. The number of benzene rings is 2. The van der Waals surface area contributed by atoms with E-state index in [-0.39, 0.29) is 17.7 Å². The van der Waals surface area contributed by atoms with Crippen LogP contribution in [0.5, 0.6) is 5.75 Å². The van der Waals surface area contributed by atoms with Crippen molar-refractivity contribution < 1.29 is 9.53 Å². The second kappa shape index (κ2) is 8.71. The van der Waals surface area contributed by atoms with Gasteiger partial charge in [0.25, 0.3) is 5.91 Å². The molecule has 1 amide bonds. The van der Waals surface area contributed by atoms with Gasteiger partial charge in [0, 0.05) is 13.5 Å². The fraction of sp³-hybridized carbons (Fsp3) is 0.273. The first kappa shape index (κ1) is 20.2. The van der Waals surface area contributed by atoms with E-state index in [4.69, 9.17) is 9.84 Å². The van der Waals surface area contributed by atoms with Crippen LogP contribution in [-0.2, 0) is 11.8 Å². The highest BCUT2D eigenvalue weighted by atomic mass is 32.2. The number of hydrazone groups is 1. The highest BCUT2D eigenvalue weighted by Gasteiger charge is 2.33. The Kier molecular flexibility index (Phi) is 5.85. The van der Waals surface area contributed by atoms with Crippen molar-refractivity contribution in [3.63, 3.8) is 0 Å². The number of carbonyl (C=O) groups excluding carboxylic acids is 1.